The first-order chi connectivity index (χ1) is 3.46. The maximum atomic E-state index is 8.52. The molecule has 0 atom stereocenters. The summed E-state index contributed by atoms with van der Waals surface area (Å²) >= 11 is 0. The van der Waals surface area contributed by atoms with E-state index in [0.717, 1.165) is 0 Å². The van der Waals surface area contributed by atoms with Gasteiger partial charge in [-0.05, 0) is 0 Å². The van der Waals surface area contributed by atoms with E-state index in [-0.39, 0.29) is 108 Å². The molecule has 0 aromatic carbocycles. The van der Waals surface area contributed by atoms with E-state index in [2.05, 4.69) is 0 Å². The maximum Gasteiger partial charge on any atom is 4.00 e. The van der Waals surface area contributed by atoms with Crippen molar-refractivity contribution in [3.8, 4) is 0 Å². The van der Waals surface area contributed by atoms with Crippen LogP contribution in [-0.2, 0) is 41.6 Å². The van der Waals surface area contributed by atoms with Gasteiger partial charge in [-0.15, -0.1) is 0 Å². The van der Waals surface area contributed by atoms with Crippen LogP contribution in [0.25, 0.3) is 0 Å². The van der Waals surface area contributed by atoms with Crippen molar-refractivity contribution in [2.45, 2.75) is 0 Å². The van der Waals surface area contributed by atoms with Crippen molar-refractivity contribution < 1.29 is 60.8 Å². The molecule has 0 bridgehead atoms. The molecule has 0 N–H and O–H groups in total. The van der Waals surface area contributed by atoms with Crippen molar-refractivity contribution in [3.63, 3.8) is 0 Å². The Hall–Kier alpha value is 2.39. The van der Waals surface area contributed by atoms with Crippen LogP contribution >= 0.6 is 0 Å². The Balaban J connectivity index is -0.00000000800. The zero-order chi connectivity index (χ0) is 7.15. The Morgan fingerprint density at radius 1 is 0.692 bits per heavy atom. The van der Waals surface area contributed by atoms with Gasteiger partial charge >= 0.3 is 97.2 Å². The molecule has 64 valence electrons. The van der Waals surface area contributed by atoms with Crippen LogP contribution in [0.4, 0.5) is 0 Å². The zero-order valence-corrected chi connectivity index (χ0v) is 14.2. The van der Waals surface area contributed by atoms with Crippen molar-refractivity contribution in [3.05, 3.63) is 0 Å². The third-order valence-corrected chi connectivity index (χ3v) is 0. The molecule has 0 aromatic heterocycles. The molecule has 0 amide bonds. The van der Waals surface area contributed by atoms with Crippen LogP contribution in [0.3, 0.4) is 0 Å². The van der Waals surface area contributed by atoms with Crippen LogP contribution in [0, 0.1) is 0 Å². The second kappa shape index (κ2) is 36.7. The monoisotopic (exact) mass is 312 g/mol. The van der Waals surface area contributed by atoms with E-state index in [9.17, 15) is 0 Å². The van der Waals surface area contributed by atoms with E-state index < -0.39 is 18.3 Å². The van der Waals surface area contributed by atoms with E-state index in [1.165, 1.54) is 0 Å². The molecular formula is Ca2O8Si2Ti. The normalized spacial score (nSPS) is 3.69. The summed E-state index contributed by atoms with van der Waals surface area (Å²) in [7, 11) is -7.26. The average molecular weight is 312 g/mol. The van der Waals surface area contributed by atoms with Crippen LogP contribution in [0.15, 0.2) is 0 Å². The van der Waals surface area contributed by atoms with Crippen LogP contribution in [0.5, 0.6) is 0 Å². The van der Waals surface area contributed by atoms with Crippen molar-refractivity contribution in [1.29, 1.82) is 0 Å². The Morgan fingerprint density at radius 2 is 0.692 bits per heavy atom. The van der Waals surface area contributed by atoms with Gasteiger partial charge in [0.05, 0.1) is 0 Å². The fraction of sp³-hybridized carbons (Fsp3) is 0. The number of hydrogen-bond donors (Lipinski definition) is 0. The SMILES string of the molecule is O=[Si]([O-])[O-].O=[Si]([O-])[O-].[Ca+2].[Ca+2].[O-2].[O-2].[Ti+4]. The van der Waals surface area contributed by atoms with Gasteiger partial charge < -0.3 is 39.1 Å². The van der Waals surface area contributed by atoms with Gasteiger partial charge in [0.15, 0.2) is 0 Å². The second-order valence-corrected chi connectivity index (χ2v) is 1.50. The fourth-order valence-corrected chi connectivity index (χ4v) is 0. The average Bonchev–Trinajstić information content (AvgIpc) is 1.25. The fourth-order valence-electron chi connectivity index (χ4n) is 0. The molecule has 0 unspecified atom stereocenters. The maximum absolute atomic E-state index is 8.52. The molecule has 0 heterocycles. The summed E-state index contributed by atoms with van der Waals surface area (Å²) in [5.74, 6) is 0. The summed E-state index contributed by atoms with van der Waals surface area (Å²) < 4.78 is 17.0. The third kappa shape index (κ3) is 387. The van der Waals surface area contributed by atoms with E-state index >= 15 is 0 Å². The Kier molecular flexibility index (Phi) is 128. The summed E-state index contributed by atoms with van der Waals surface area (Å²) in [6.45, 7) is 0. The van der Waals surface area contributed by atoms with Gasteiger partial charge in [-0.3, -0.25) is 0 Å². The minimum absolute atomic E-state index is 0. The number of rotatable bonds is 0. The van der Waals surface area contributed by atoms with Gasteiger partial charge in [0.25, 0.3) is 0 Å². The molecule has 13 heavy (non-hydrogen) atoms. The first kappa shape index (κ1) is 45.3. The summed E-state index contributed by atoms with van der Waals surface area (Å²) in [6, 6.07) is 0. The molecule has 0 aliphatic rings. The second-order valence-electron chi connectivity index (χ2n) is 0.500. The van der Waals surface area contributed by atoms with Crippen molar-refractivity contribution in [1.82, 2.24) is 0 Å². The Morgan fingerprint density at radius 3 is 0.692 bits per heavy atom. The topological polar surface area (TPSA) is 183 Å². The van der Waals surface area contributed by atoms with E-state index in [4.69, 9.17) is 28.1 Å². The molecular weight excluding hydrogens is 312 g/mol. The predicted octanol–water partition coefficient (Wildman–Crippen LogP) is -6.76. The molecule has 0 spiro atoms. The molecule has 0 saturated heterocycles. The van der Waals surface area contributed by atoms with Crippen molar-refractivity contribution in [2.75, 3.05) is 0 Å². The molecule has 0 aromatic rings. The summed E-state index contributed by atoms with van der Waals surface area (Å²) in [6.07, 6.45) is 0. The van der Waals surface area contributed by atoms with Crippen LogP contribution < -0.4 is 19.2 Å². The van der Waals surface area contributed by atoms with E-state index in [1.807, 2.05) is 0 Å². The van der Waals surface area contributed by atoms with E-state index in [1.54, 1.807) is 0 Å². The van der Waals surface area contributed by atoms with Crippen molar-refractivity contribution in [2.24, 2.45) is 0 Å². The van der Waals surface area contributed by atoms with Crippen LogP contribution in [0.2, 0.25) is 0 Å². The molecule has 0 saturated carbocycles. The summed E-state index contributed by atoms with van der Waals surface area (Å²) in [5.41, 5.74) is 0. The Labute approximate surface area is 152 Å². The minimum Gasteiger partial charge on any atom is -2.00 e. The van der Waals surface area contributed by atoms with Crippen molar-refractivity contribution >= 4 is 93.8 Å². The standard InChI is InChI=1S/2Ca.2O3Si.2O.Ti/c;;2*1-4(2)3;;;/q2*+2;4*-2;+4. The van der Waals surface area contributed by atoms with Crippen LogP contribution in [0.1, 0.15) is 0 Å². The summed E-state index contributed by atoms with van der Waals surface area (Å²) in [4.78, 5) is 34.1. The quantitative estimate of drug-likeness (QED) is 0.400. The van der Waals surface area contributed by atoms with Gasteiger partial charge in [-0.2, -0.15) is 0 Å². The molecule has 0 aliphatic carbocycles. The Bertz CT molecular complexity index is 78.1. The predicted molar refractivity (Wildman–Crippen MR) is 25.8 cm³/mol. The molecule has 8 nitrogen and oxygen atoms in total. The first-order valence-corrected chi connectivity index (χ1v) is 3.67. The van der Waals surface area contributed by atoms with Gasteiger partial charge in [0.2, 0.25) is 0 Å². The minimum atomic E-state index is -3.63. The van der Waals surface area contributed by atoms with Gasteiger partial charge in [-0.25, -0.2) is 0 Å². The molecule has 0 aliphatic heterocycles. The van der Waals surface area contributed by atoms with Gasteiger partial charge in [0, 0.05) is 18.3 Å². The zero-order valence-electron chi connectivity index (χ0n) is 6.18. The smallest absolute Gasteiger partial charge is 2.00 e. The van der Waals surface area contributed by atoms with E-state index in [0.29, 0.717) is 0 Å². The molecule has 0 fully saturated rings. The summed E-state index contributed by atoms with van der Waals surface area (Å²) in [5, 5.41) is 0. The largest absolute Gasteiger partial charge is 4.00 e. The molecule has 0 radical (unpaired) electrons. The van der Waals surface area contributed by atoms with Gasteiger partial charge in [-0.1, -0.05) is 0 Å². The van der Waals surface area contributed by atoms with Crippen LogP contribution in [-0.4, -0.2) is 93.8 Å². The molecule has 13 heteroatoms. The third-order valence-electron chi connectivity index (χ3n) is 0. The van der Waals surface area contributed by atoms with Gasteiger partial charge in [0.1, 0.15) is 0 Å². The number of hydrogen-bond acceptors (Lipinski definition) is 6. The first-order valence-electron chi connectivity index (χ1n) is 1.22. The molecule has 0 rings (SSSR count).